The Labute approximate surface area is 126 Å². The second-order valence-corrected chi connectivity index (χ2v) is 4.89. The average molecular weight is 308 g/mol. The number of carbonyl (C=O) groups is 3. The minimum absolute atomic E-state index is 0.0686. The molecule has 5 nitrogen and oxygen atoms in total. The van der Waals surface area contributed by atoms with E-state index in [0.717, 1.165) is 0 Å². The van der Waals surface area contributed by atoms with Gasteiger partial charge in [-0.2, -0.15) is 0 Å². The number of halogens is 1. The van der Waals surface area contributed by atoms with Crippen LogP contribution in [0.4, 0.5) is 0 Å². The molecule has 6 heteroatoms. The predicted molar refractivity (Wildman–Crippen MR) is 77.2 cm³/mol. The SMILES string of the molecule is CCOC(=O)[C@H](C)NC1=C(Cl)C(=O)c2ccccc2C1=O. The summed E-state index contributed by atoms with van der Waals surface area (Å²) in [7, 11) is 0. The van der Waals surface area contributed by atoms with Crippen molar-refractivity contribution >= 4 is 29.1 Å². The van der Waals surface area contributed by atoms with Crippen molar-refractivity contribution in [3.63, 3.8) is 0 Å². The largest absolute Gasteiger partial charge is 0.464 e. The van der Waals surface area contributed by atoms with Crippen molar-refractivity contribution in [2.24, 2.45) is 0 Å². The smallest absolute Gasteiger partial charge is 0.328 e. The molecule has 0 spiro atoms. The predicted octanol–water partition coefficient (Wildman–Crippen LogP) is 2.06. The van der Waals surface area contributed by atoms with Crippen molar-refractivity contribution in [3.8, 4) is 0 Å². The summed E-state index contributed by atoms with van der Waals surface area (Å²) in [6.07, 6.45) is 0. The van der Waals surface area contributed by atoms with E-state index in [4.69, 9.17) is 16.3 Å². The van der Waals surface area contributed by atoms with Gasteiger partial charge in [-0.1, -0.05) is 35.9 Å². The van der Waals surface area contributed by atoms with E-state index in [1.54, 1.807) is 31.2 Å². The first-order chi connectivity index (χ1) is 9.97. The fraction of sp³-hybridized carbons (Fsp3) is 0.267. The molecule has 0 aliphatic heterocycles. The van der Waals surface area contributed by atoms with Crippen LogP contribution >= 0.6 is 11.6 Å². The number of fused-ring (bicyclic) bond motifs is 1. The molecule has 1 atom stereocenters. The molecule has 0 fully saturated rings. The lowest BCUT2D eigenvalue weighted by atomic mass is 9.92. The number of hydrogen-bond acceptors (Lipinski definition) is 5. The summed E-state index contributed by atoms with van der Waals surface area (Å²) < 4.78 is 4.85. The van der Waals surface area contributed by atoms with E-state index >= 15 is 0 Å². The molecule has 0 amide bonds. The molecule has 2 rings (SSSR count). The maximum Gasteiger partial charge on any atom is 0.328 e. The third-order valence-electron chi connectivity index (χ3n) is 3.06. The highest BCUT2D eigenvalue weighted by atomic mass is 35.5. The van der Waals surface area contributed by atoms with Crippen LogP contribution in [0.1, 0.15) is 34.6 Å². The highest BCUT2D eigenvalue weighted by Gasteiger charge is 2.32. The van der Waals surface area contributed by atoms with Gasteiger partial charge in [0.25, 0.3) is 0 Å². The van der Waals surface area contributed by atoms with Crippen molar-refractivity contribution in [2.75, 3.05) is 6.61 Å². The zero-order valence-corrected chi connectivity index (χ0v) is 12.4. The van der Waals surface area contributed by atoms with Gasteiger partial charge in [0.1, 0.15) is 16.8 Å². The first-order valence-electron chi connectivity index (χ1n) is 6.48. The minimum atomic E-state index is -0.782. The first-order valence-corrected chi connectivity index (χ1v) is 6.86. The third-order valence-corrected chi connectivity index (χ3v) is 3.42. The number of allylic oxidation sites excluding steroid dienone is 2. The number of ether oxygens (including phenoxy) is 1. The van der Waals surface area contributed by atoms with Gasteiger partial charge in [-0.05, 0) is 13.8 Å². The molecule has 1 aliphatic carbocycles. The van der Waals surface area contributed by atoms with Gasteiger partial charge in [-0.15, -0.1) is 0 Å². The number of esters is 1. The van der Waals surface area contributed by atoms with Crippen LogP contribution in [0.5, 0.6) is 0 Å². The summed E-state index contributed by atoms with van der Waals surface area (Å²) in [5, 5.41) is 2.46. The van der Waals surface area contributed by atoms with E-state index in [-0.39, 0.29) is 28.5 Å². The Bertz CT molecular complexity index is 651. The normalized spacial score (nSPS) is 15.6. The molecule has 110 valence electrons. The molecular weight excluding hydrogens is 294 g/mol. The average Bonchev–Trinajstić information content (AvgIpc) is 2.49. The highest BCUT2D eigenvalue weighted by Crippen LogP contribution is 2.27. The van der Waals surface area contributed by atoms with Crippen molar-refractivity contribution in [1.29, 1.82) is 0 Å². The van der Waals surface area contributed by atoms with Crippen LogP contribution in [0.3, 0.4) is 0 Å². The number of ketones is 2. The lowest BCUT2D eigenvalue weighted by Crippen LogP contribution is -2.39. The van der Waals surface area contributed by atoms with Gasteiger partial charge in [0.2, 0.25) is 11.6 Å². The molecule has 1 aromatic rings. The Hall–Kier alpha value is -2.14. The van der Waals surface area contributed by atoms with Crippen LogP contribution in [0.2, 0.25) is 0 Å². The summed E-state index contributed by atoms with van der Waals surface area (Å²) in [6, 6.07) is 5.64. The van der Waals surface area contributed by atoms with Crippen molar-refractivity contribution in [3.05, 3.63) is 46.1 Å². The van der Waals surface area contributed by atoms with Crippen LogP contribution < -0.4 is 5.32 Å². The molecule has 0 radical (unpaired) electrons. The zero-order valence-electron chi connectivity index (χ0n) is 11.6. The van der Waals surface area contributed by atoms with E-state index in [0.29, 0.717) is 0 Å². The van der Waals surface area contributed by atoms with Crippen molar-refractivity contribution in [1.82, 2.24) is 5.32 Å². The van der Waals surface area contributed by atoms with Crippen LogP contribution in [-0.2, 0) is 9.53 Å². The molecule has 0 heterocycles. The van der Waals surface area contributed by atoms with Crippen LogP contribution in [-0.4, -0.2) is 30.2 Å². The Morgan fingerprint density at radius 1 is 1.24 bits per heavy atom. The van der Waals surface area contributed by atoms with Gasteiger partial charge in [-0.3, -0.25) is 9.59 Å². The number of rotatable bonds is 4. The van der Waals surface area contributed by atoms with E-state index < -0.39 is 23.6 Å². The van der Waals surface area contributed by atoms with Gasteiger partial charge in [0.05, 0.1) is 6.61 Å². The molecule has 0 bridgehead atoms. The lowest BCUT2D eigenvalue weighted by Gasteiger charge is -2.21. The van der Waals surface area contributed by atoms with Crippen LogP contribution in [0.15, 0.2) is 35.0 Å². The number of hydrogen-bond donors (Lipinski definition) is 1. The summed E-state index contributed by atoms with van der Waals surface area (Å²) >= 11 is 5.98. The van der Waals surface area contributed by atoms with Crippen molar-refractivity contribution in [2.45, 2.75) is 19.9 Å². The van der Waals surface area contributed by atoms with E-state index in [1.807, 2.05) is 0 Å². The van der Waals surface area contributed by atoms with Crippen LogP contribution in [0, 0.1) is 0 Å². The second-order valence-electron chi connectivity index (χ2n) is 4.51. The van der Waals surface area contributed by atoms with Crippen molar-refractivity contribution < 1.29 is 19.1 Å². The van der Waals surface area contributed by atoms with E-state index in [9.17, 15) is 14.4 Å². The Balaban J connectivity index is 2.32. The van der Waals surface area contributed by atoms with Gasteiger partial charge < -0.3 is 10.1 Å². The third kappa shape index (κ3) is 2.83. The summed E-state index contributed by atoms with van der Waals surface area (Å²) in [5.74, 6) is -1.37. The van der Waals surface area contributed by atoms with Gasteiger partial charge >= 0.3 is 5.97 Å². The van der Waals surface area contributed by atoms with Gasteiger partial charge in [0.15, 0.2) is 0 Å². The quantitative estimate of drug-likeness (QED) is 0.862. The van der Waals surface area contributed by atoms with E-state index in [1.165, 1.54) is 6.92 Å². The maximum absolute atomic E-state index is 12.4. The fourth-order valence-corrected chi connectivity index (χ4v) is 2.26. The molecule has 0 aromatic heterocycles. The molecule has 0 unspecified atom stereocenters. The molecule has 1 N–H and O–H groups in total. The lowest BCUT2D eigenvalue weighted by molar-refractivity contribution is -0.144. The molecular formula is C15H14ClNO4. The molecule has 0 saturated heterocycles. The number of nitrogens with one attached hydrogen (secondary N) is 1. The topological polar surface area (TPSA) is 72.5 Å². The van der Waals surface area contributed by atoms with Gasteiger partial charge in [0, 0.05) is 11.1 Å². The Kier molecular flexibility index (Phi) is 4.43. The first kappa shape index (κ1) is 15.3. The zero-order chi connectivity index (χ0) is 15.6. The number of Topliss-reactive ketones (excluding diaryl/α,β-unsaturated/α-hetero) is 2. The molecule has 1 aromatic carbocycles. The standard InChI is InChI=1S/C15H14ClNO4/c1-3-21-15(20)8(2)17-12-11(16)13(18)9-6-4-5-7-10(9)14(12)19/h4-8,17H,3H2,1-2H3/t8-/m0/s1. The molecule has 0 saturated carbocycles. The second kappa shape index (κ2) is 6.10. The Morgan fingerprint density at radius 3 is 2.38 bits per heavy atom. The number of benzene rings is 1. The maximum atomic E-state index is 12.4. The monoisotopic (exact) mass is 307 g/mol. The molecule has 1 aliphatic rings. The summed E-state index contributed by atoms with van der Waals surface area (Å²) in [5.41, 5.74) is 0.466. The minimum Gasteiger partial charge on any atom is -0.464 e. The fourth-order valence-electron chi connectivity index (χ4n) is 2.02. The summed E-state index contributed by atoms with van der Waals surface area (Å²) in [4.78, 5) is 36.1. The highest BCUT2D eigenvalue weighted by molar-refractivity contribution is 6.49. The van der Waals surface area contributed by atoms with E-state index in [2.05, 4.69) is 5.32 Å². The Morgan fingerprint density at radius 2 is 1.81 bits per heavy atom. The molecule has 21 heavy (non-hydrogen) atoms. The van der Waals surface area contributed by atoms with Crippen LogP contribution in [0.25, 0.3) is 0 Å². The number of carbonyl (C=O) groups excluding carboxylic acids is 3. The van der Waals surface area contributed by atoms with Gasteiger partial charge in [-0.25, -0.2) is 4.79 Å². The summed E-state index contributed by atoms with van der Waals surface area (Å²) in [6.45, 7) is 3.45.